The number of Topliss-reactive ketones (excluding diaryl/α,β-unsaturated/α-hetero) is 1. The molecule has 1 amide bonds. The molecule has 0 unspecified atom stereocenters. The van der Waals surface area contributed by atoms with E-state index in [0.29, 0.717) is 57.6 Å². The average molecular weight is 559 g/mol. The van der Waals surface area contributed by atoms with Crippen molar-refractivity contribution < 1.29 is 23.8 Å². The number of carbonyl (C=O) groups excluding carboxylic acids is 2. The molecule has 7 nitrogen and oxygen atoms in total. The molecule has 0 radical (unpaired) electrons. The van der Waals surface area contributed by atoms with Gasteiger partial charge in [0.1, 0.15) is 5.75 Å². The second-order valence-electron chi connectivity index (χ2n) is 9.84. The van der Waals surface area contributed by atoms with E-state index in [1.165, 1.54) is 0 Å². The highest BCUT2D eigenvalue weighted by atomic mass is 35.5. The summed E-state index contributed by atoms with van der Waals surface area (Å²) < 4.78 is 16.3. The van der Waals surface area contributed by atoms with Crippen molar-refractivity contribution in [3.63, 3.8) is 0 Å². The van der Waals surface area contributed by atoms with Crippen molar-refractivity contribution in [1.29, 1.82) is 0 Å². The van der Waals surface area contributed by atoms with E-state index in [9.17, 15) is 9.59 Å². The molecule has 2 atom stereocenters. The molecule has 0 bridgehead atoms. The summed E-state index contributed by atoms with van der Waals surface area (Å²) in [5.41, 5.74) is 4.95. The first-order chi connectivity index (χ1) is 19.3. The maximum atomic E-state index is 13.9. The van der Waals surface area contributed by atoms with Gasteiger partial charge in [-0.05, 0) is 66.8 Å². The molecule has 0 spiro atoms. The zero-order valence-electron chi connectivity index (χ0n) is 22.8. The lowest BCUT2D eigenvalue weighted by atomic mass is 9.71. The Labute approximate surface area is 238 Å². The number of para-hydroxylation sites is 2. The molecule has 40 heavy (non-hydrogen) atoms. The zero-order valence-corrected chi connectivity index (χ0v) is 23.6. The number of allylic oxidation sites excluding steroid dienone is 3. The molecule has 1 heterocycles. The number of anilines is 1. The van der Waals surface area contributed by atoms with Gasteiger partial charge in [-0.25, -0.2) is 0 Å². The van der Waals surface area contributed by atoms with E-state index >= 15 is 0 Å². The smallest absolute Gasteiger partial charge is 0.254 e. The van der Waals surface area contributed by atoms with Gasteiger partial charge in [0.2, 0.25) is 0 Å². The Balaban J connectivity index is 1.54. The molecule has 3 aromatic carbocycles. The van der Waals surface area contributed by atoms with Crippen molar-refractivity contribution in [3.05, 3.63) is 105 Å². The van der Waals surface area contributed by atoms with Gasteiger partial charge in [-0.3, -0.25) is 9.59 Å². The summed E-state index contributed by atoms with van der Waals surface area (Å²) in [6, 6.07) is 20.3. The van der Waals surface area contributed by atoms with Gasteiger partial charge in [0.15, 0.2) is 17.3 Å². The molecule has 1 aliphatic carbocycles. The molecular weight excluding hydrogens is 528 g/mol. The van der Waals surface area contributed by atoms with Crippen molar-refractivity contribution in [3.8, 4) is 17.2 Å². The molecule has 0 saturated heterocycles. The lowest BCUT2D eigenvalue weighted by molar-refractivity contribution is -0.116. The predicted octanol–water partition coefficient (Wildman–Crippen LogP) is 6.37. The lowest BCUT2D eigenvalue weighted by Gasteiger charge is -2.37. The normalized spacial score (nSPS) is 18.6. The maximum absolute atomic E-state index is 13.9. The predicted molar refractivity (Wildman–Crippen MR) is 155 cm³/mol. The first-order valence-corrected chi connectivity index (χ1v) is 13.4. The Morgan fingerprint density at radius 1 is 0.875 bits per heavy atom. The summed E-state index contributed by atoms with van der Waals surface area (Å²) in [7, 11) is 4.75. The number of halogens is 1. The number of nitrogens with one attached hydrogen (secondary N) is 2. The van der Waals surface area contributed by atoms with Crippen molar-refractivity contribution >= 4 is 29.0 Å². The summed E-state index contributed by atoms with van der Waals surface area (Å²) >= 11 is 6.20. The quantitative estimate of drug-likeness (QED) is 0.351. The zero-order chi connectivity index (χ0) is 28.4. The molecule has 2 aliphatic rings. The summed E-state index contributed by atoms with van der Waals surface area (Å²) in [6.07, 6.45) is 0.917. The van der Waals surface area contributed by atoms with Gasteiger partial charge in [-0.1, -0.05) is 41.9 Å². The fourth-order valence-electron chi connectivity index (χ4n) is 5.61. The summed E-state index contributed by atoms with van der Waals surface area (Å²) in [5, 5.41) is 6.99. The van der Waals surface area contributed by atoms with Gasteiger partial charge in [-0.15, -0.1) is 0 Å². The van der Waals surface area contributed by atoms with Crippen LogP contribution in [-0.4, -0.2) is 33.0 Å². The van der Waals surface area contributed by atoms with Crippen molar-refractivity contribution in [2.24, 2.45) is 0 Å². The molecule has 8 heteroatoms. The largest absolute Gasteiger partial charge is 0.495 e. The maximum Gasteiger partial charge on any atom is 0.254 e. The highest BCUT2D eigenvalue weighted by Crippen LogP contribution is 2.46. The monoisotopic (exact) mass is 558 g/mol. The van der Waals surface area contributed by atoms with Crippen LogP contribution in [0.2, 0.25) is 5.02 Å². The van der Waals surface area contributed by atoms with E-state index in [1.807, 2.05) is 49.4 Å². The van der Waals surface area contributed by atoms with Crippen molar-refractivity contribution in [1.82, 2.24) is 5.32 Å². The highest BCUT2D eigenvalue weighted by molar-refractivity contribution is 6.30. The summed E-state index contributed by atoms with van der Waals surface area (Å²) in [6.45, 7) is 1.87. The van der Waals surface area contributed by atoms with Gasteiger partial charge in [0, 0.05) is 39.9 Å². The van der Waals surface area contributed by atoms with Crippen LogP contribution in [0.15, 0.2) is 89.3 Å². The fourth-order valence-corrected chi connectivity index (χ4v) is 5.73. The van der Waals surface area contributed by atoms with Crippen LogP contribution in [0, 0.1) is 0 Å². The number of rotatable bonds is 7. The number of hydrogen-bond donors (Lipinski definition) is 2. The summed E-state index contributed by atoms with van der Waals surface area (Å²) in [5.74, 6) is 0.876. The lowest BCUT2D eigenvalue weighted by Crippen LogP contribution is -2.37. The number of methoxy groups -OCH3 is 3. The van der Waals surface area contributed by atoms with Crippen LogP contribution < -0.4 is 24.8 Å². The van der Waals surface area contributed by atoms with Crippen molar-refractivity contribution in [2.45, 2.75) is 31.6 Å². The molecule has 1 aliphatic heterocycles. The second kappa shape index (κ2) is 11.5. The fraction of sp³-hybridized carbons (Fsp3) is 0.250. The molecule has 3 aromatic rings. The minimum atomic E-state index is -0.554. The van der Waals surface area contributed by atoms with Crippen LogP contribution in [0.5, 0.6) is 17.2 Å². The van der Waals surface area contributed by atoms with Crippen LogP contribution in [0.4, 0.5) is 5.69 Å². The standard InChI is InChI=1S/C32H31ClN2O5/c1-18-29(32(37)35-23-7-5-6-8-26(23)38-2)30(19-9-12-22(33)13-10-19)31-24(34-18)15-21(16-25(31)36)20-11-14-27(39-3)28(17-20)40-4/h5-14,17,21,30,34H,15-16H2,1-4H3,(H,35,37)/t21-,30-/m0/s1. The Kier molecular flexibility index (Phi) is 7.85. The molecule has 0 fully saturated rings. The van der Waals surface area contributed by atoms with E-state index in [1.54, 1.807) is 45.6 Å². The van der Waals surface area contributed by atoms with Gasteiger partial charge in [0.25, 0.3) is 5.91 Å². The molecular formula is C32H31ClN2O5. The minimum absolute atomic E-state index is 0.0106. The van der Waals surface area contributed by atoms with Crippen LogP contribution >= 0.6 is 11.6 Å². The number of hydrogen-bond acceptors (Lipinski definition) is 6. The van der Waals surface area contributed by atoms with E-state index in [-0.39, 0.29) is 17.6 Å². The number of ether oxygens (including phenoxy) is 3. The third-order valence-electron chi connectivity index (χ3n) is 7.51. The van der Waals surface area contributed by atoms with E-state index in [4.69, 9.17) is 25.8 Å². The topological polar surface area (TPSA) is 85.9 Å². The molecule has 0 saturated carbocycles. The Morgan fingerprint density at radius 3 is 2.25 bits per heavy atom. The number of dihydropyridines is 1. The van der Waals surface area contributed by atoms with Gasteiger partial charge < -0.3 is 24.8 Å². The molecule has 206 valence electrons. The summed E-state index contributed by atoms with van der Waals surface area (Å²) in [4.78, 5) is 27.8. The second-order valence-corrected chi connectivity index (χ2v) is 10.3. The van der Waals surface area contributed by atoms with Gasteiger partial charge in [-0.2, -0.15) is 0 Å². The van der Waals surface area contributed by atoms with E-state index in [2.05, 4.69) is 10.6 Å². The third kappa shape index (κ3) is 5.17. The number of ketones is 1. The first kappa shape index (κ1) is 27.3. The van der Waals surface area contributed by atoms with E-state index < -0.39 is 5.92 Å². The molecule has 5 rings (SSSR count). The Morgan fingerprint density at radius 2 is 1.55 bits per heavy atom. The minimum Gasteiger partial charge on any atom is -0.495 e. The first-order valence-electron chi connectivity index (χ1n) is 13.0. The van der Waals surface area contributed by atoms with Crippen LogP contribution in [0.25, 0.3) is 0 Å². The van der Waals surface area contributed by atoms with Crippen LogP contribution in [0.1, 0.15) is 42.7 Å². The molecule has 2 N–H and O–H groups in total. The van der Waals surface area contributed by atoms with E-state index in [0.717, 1.165) is 16.8 Å². The molecule has 0 aromatic heterocycles. The number of carbonyl (C=O) groups is 2. The van der Waals surface area contributed by atoms with Crippen LogP contribution in [0.3, 0.4) is 0 Å². The third-order valence-corrected chi connectivity index (χ3v) is 7.76. The van der Waals surface area contributed by atoms with Crippen LogP contribution in [-0.2, 0) is 9.59 Å². The Bertz CT molecular complexity index is 1530. The highest BCUT2D eigenvalue weighted by Gasteiger charge is 2.41. The van der Waals surface area contributed by atoms with Gasteiger partial charge in [0.05, 0.1) is 27.0 Å². The average Bonchev–Trinajstić information content (AvgIpc) is 2.96. The van der Waals surface area contributed by atoms with Crippen molar-refractivity contribution in [2.75, 3.05) is 26.6 Å². The van der Waals surface area contributed by atoms with Gasteiger partial charge >= 0.3 is 0 Å². The Hall–Kier alpha value is -4.23. The number of amides is 1. The SMILES string of the molecule is COc1ccccc1NC(=O)C1=C(C)NC2=C(C(=O)C[C@@H](c3ccc(OC)c(OC)c3)C2)[C@H]1c1ccc(Cl)cc1. The number of benzene rings is 3.